The second kappa shape index (κ2) is 2.64. The van der Waals surface area contributed by atoms with Gasteiger partial charge in [0.1, 0.15) is 0 Å². The van der Waals surface area contributed by atoms with E-state index in [-0.39, 0.29) is 6.16 Å². The van der Waals surface area contributed by atoms with Crippen molar-refractivity contribution in [2.45, 2.75) is 0 Å². The van der Waals surface area contributed by atoms with Crippen molar-refractivity contribution >= 4 is 25.5 Å². The van der Waals surface area contributed by atoms with Crippen LogP contribution < -0.4 is 0 Å². The molecule has 0 heterocycles. The predicted molar refractivity (Wildman–Crippen MR) is 32.1 cm³/mol. The molecule has 0 radical (unpaired) electrons. The fourth-order valence-corrected chi connectivity index (χ4v) is 0.900. The van der Waals surface area contributed by atoms with Crippen molar-refractivity contribution in [3.8, 4) is 0 Å². The first kappa shape index (κ1) is 7.40. The maximum Gasteiger partial charge on any atom is 0.408 e. The van der Waals surface area contributed by atoms with E-state index < -0.39 is 7.94 Å². The van der Waals surface area contributed by atoms with Gasteiger partial charge in [-0.1, -0.05) is 12.2 Å². The fourth-order valence-electron chi connectivity index (χ4n) is 0.100. The Morgan fingerprint density at radius 1 is 1.43 bits per heavy atom. The monoisotopic (exact) mass is 141 g/mol. The van der Waals surface area contributed by atoms with Gasteiger partial charge in [0.05, 0.1) is 0 Å². The van der Waals surface area contributed by atoms with Crippen LogP contribution in [-0.2, 0) is 0 Å². The molecule has 5 heteroatoms. The van der Waals surface area contributed by atoms with Crippen molar-refractivity contribution in [2.24, 2.45) is 0 Å². The Morgan fingerprint density at radius 2 is 1.86 bits per heavy atom. The highest BCUT2D eigenvalue weighted by atomic mass is 32.1. The summed E-state index contributed by atoms with van der Waals surface area (Å²) in [6.45, 7) is 0. The Hall–Kier alpha value is 0.400. The van der Waals surface area contributed by atoms with Crippen LogP contribution in [0.5, 0.6) is 0 Å². The maximum atomic E-state index is 8.14. The highest BCUT2D eigenvalue weighted by Gasteiger charge is 2.26. The summed E-state index contributed by atoms with van der Waals surface area (Å²) in [7, 11) is -3.58. The SMILES string of the molecule is O[P+](O)(O)CC=S. The molecule has 7 heavy (non-hydrogen) atoms. The molecule has 0 spiro atoms. The first-order chi connectivity index (χ1) is 3.06. The lowest BCUT2D eigenvalue weighted by molar-refractivity contribution is 0.337. The molecule has 0 fully saturated rings. The van der Waals surface area contributed by atoms with Gasteiger partial charge in [-0.05, 0) is 0 Å². The summed E-state index contributed by atoms with van der Waals surface area (Å²) >= 11 is 4.22. The number of hydrogen-bond donors (Lipinski definition) is 3. The predicted octanol–water partition coefficient (Wildman–Crippen LogP) is -0.274. The maximum absolute atomic E-state index is 8.14. The van der Waals surface area contributed by atoms with E-state index in [0.29, 0.717) is 0 Å². The molecule has 0 atom stereocenters. The van der Waals surface area contributed by atoms with Gasteiger partial charge in [-0.3, -0.25) is 0 Å². The molecule has 0 aromatic rings. The van der Waals surface area contributed by atoms with Gasteiger partial charge in [-0.2, -0.15) is 14.7 Å². The summed E-state index contributed by atoms with van der Waals surface area (Å²) in [6, 6.07) is 0. The third-order valence-corrected chi connectivity index (χ3v) is 1.41. The second-order valence-electron chi connectivity index (χ2n) is 1.04. The van der Waals surface area contributed by atoms with E-state index in [1.807, 2.05) is 0 Å². The van der Waals surface area contributed by atoms with Crippen molar-refractivity contribution in [2.75, 3.05) is 6.16 Å². The van der Waals surface area contributed by atoms with Crippen LogP contribution in [0.1, 0.15) is 0 Å². The lowest BCUT2D eigenvalue weighted by atomic mass is 11.0. The van der Waals surface area contributed by atoms with E-state index in [9.17, 15) is 0 Å². The summed E-state index contributed by atoms with van der Waals surface area (Å²) in [5.74, 6) is 0. The van der Waals surface area contributed by atoms with E-state index in [2.05, 4.69) is 12.2 Å². The first-order valence-electron chi connectivity index (χ1n) is 1.56. The van der Waals surface area contributed by atoms with E-state index >= 15 is 0 Å². The molecular formula is C2H6O3PS+. The van der Waals surface area contributed by atoms with E-state index in [4.69, 9.17) is 14.7 Å². The molecule has 3 nitrogen and oxygen atoms in total. The Morgan fingerprint density at radius 3 is 1.86 bits per heavy atom. The molecule has 0 amide bonds. The molecule has 0 unspecified atom stereocenters. The zero-order chi connectivity index (χ0) is 5.91. The molecule has 0 rings (SSSR count). The molecule has 0 aliphatic heterocycles. The van der Waals surface area contributed by atoms with Gasteiger partial charge in [0.15, 0.2) is 6.16 Å². The molecule has 42 valence electrons. The van der Waals surface area contributed by atoms with Gasteiger partial charge in [0.2, 0.25) is 0 Å². The van der Waals surface area contributed by atoms with Crippen molar-refractivity contribution in [3.05, 3.63) is 0 Å². The van der Waals surface area contributed by atoms with Crippen LogP contribution in [-0.4, -0.2) is 26.2 Å². The number of hydrogen-bond acceptors (Lipinski definition) is 4. The molecule has 0 saturated heterocycles. The fraction of sp³-hybridized carbons (Fsp3) is 0.500. The summed E-state index contributed by atoms with van der Waals surface area (Å²) in [5, 5.41) is 1.09. The largest absolute Gasteiger partial charge is 0.408 e. The van der Waals surface area contributed by atoms with E-state index in [0.717, 1.165) is 5.37 Å². The van der Waals surface area contributed by atoms with Crippen LogP contribution in [0.15, 0.2) is 0 Å². The quantitative estimate of drug-likeness (QED) is 0.366. The Kier molecular flexibility index (Phi) is 2.80. The number of thiocarbonyl (C=S) groups is 1. The van der Waals surface area contributed by atoms with Gasteiger partial charge < -0.3 is 0 Å². The standard InChI is InChI=1S/C2H6O3PS/c3-6(4,5)1-2-7/h2-5H,1H2/q+1. The van der Waals surface area contributed by atoms with Crippen molar-refractivity contribution in [1.82, 2.24) is 0 Å². The lowest BCUT2D eigenvalue weighted by Gasteiger charge is -1.95. The van der Waals surface area contributed by atoms with Crippen molar-refractivity contribution < 1.29 is 14.7 Å². The lowest BCUT2D eigenvalue weighted by Crippen LogP contribution is -1.93. The minimum Gasteiger partial charge on any atom is -0.193 e. The molecular weight excluding hydrogens is 135 g/mol. The third-order valence-electron chi connectivity index (χ3n) is 0.319. The Labute approximate surface area is 47.2 Å². The highest BCUT2D eigenvalue weighted by Crippen LogP contribution is 2.42. The van der Waals surface area contributed by atoms with Gasteiger partial charge >= 0.3 is 7.94 Å². The van der Waals surface area contributed by atoms with Gasteiger partial charge in [-0.25, -0.2) is 0 Å². The van der Waals surface area contributed by atoms with Crippen molar-refractivity contribution in [1.29, 1.82) is 0 Å². The van der Waals surface area contributed by atoms with Crippen LogP contribution in [0, 0.1) is 0 Å². The van der Waals surface area contributed by atoms with E-state index in [1.165, 1.54) is 0 Å². The summed E-state index contributed by atoms with van der Waals surface area (Å²) in [6.07, 6.45) is -0.192. The first-order valence-corrected chi connectivity index (χ1v) is 3.86. The van der Waals surface area contributed by atoms with Crippen LogP contribution in [0.25, 0.3) is 0 Å². The molecule has 0 aromatic heterocycles. The van der Waals surface area contributed by atoms with Crippen molar-refractivity contribution in [3.63, 3.8) is 0 Å². The Balaban J connectivity index is 3.34. The summed E-state index contributed by atoms with van der Waals surface area (Å²) < 4.78 is 0. The van der Waals surface area contributed by atoms with Gasteiger partial charge in [-0.15, -0.1) is 0 Å². The molecule has 3 N–H and O–H groups in total. The van der Waals surface area contributed by atoms with Crippen LogP contribution in [0.2, 0.25) is 0 Å². The topological polar surface area (TPSA) is 60.7 Å². The summed E-state index contributed by atoms with van der Waals surface area (Å²) in [5.41, 5.74) is 0. The highest BCUT2D eigenvalue weighted by molar-refractivity contribution is 7.80. The Bertz CT molecular complexity index is 67.8. The van der Waals surface area contributed by atoms with Gasteiger partial charge in [0, 0.05) is 5.37 Å². The average Bonchev–Trinajstić information content (AvgIpc) is 1.30. The zero-order valence-corrected chi connectivity index (χ0v) is 5.19. The smallest absolute Gasteiger partial charge is 0.193 e. The molecule has 0 aliphatic rings. The van der Waals surface area contributed by atoms with E-state index in [1.54, 1.807) is 0 Å². The number of rotatable bonds is 2. The average molecular weight is 141 g/mol. The molecule has 0 aromatic carbocycles. The zero-order valence-electron chi connectivity index (χ0n) is 3.48. The molecule has 0 bridgehead atoms. The van der Waals surface area contributed by atoms with Crippen LogP contribution in [0.4, 0.5) is 0 Å². The molecule has 0 aliphatic carbocycles. The second-order valence-corrected chi connectivity index (χ2v) is 3.13. The minimum absolute atomic E-state index is 0.192. The van der Waals surface area contributed by atoms with Gasteiger partial charge in [0.25, 0.3) is 0 Å². The van der Waals surface area contributed by atoms with Crippen LogP contribution >= 0.6 is 20.2 Å². The summed E-state index contributed by atoms with van der Waals surface area (Å²) in [4.78, 5) is 24.4. The minimum atomic E-state index is -3.58. The third kappa shape index (κ3) is 6.40. The van der Waals surface area contributed by atoms with Crippen LogP contribution in [0.3, 0.4) is 0 Å². The normalized spacial score (nSPS) is 11.3. The molecule has 0 saturated carbocycles.